The van der Waals surface area contributed by atoms with Gasteiger partial charge in [-0.15, -0.1) is 0 Å². The molecule has 1 rings (SSSR count). The van der Waals surface area contributed by atoms with Gasteiger partial charge in [-0.25, -0.2) is 0 Å². The monoisotopic (exact) mass is 195 g/mol. The molecule has 1 aromatic rings. The van der Waals surface area contributed by atoms with E-state index in [0.29, 0.717) is 11.3 Å². The molecule has 5 heteroatoms. The van der Waals surface area contributed by atoms with Crippen LogP contribution in [0.3, 0.4) is 0 Å². The molecule has 0 fully saturated rings. The molecule has 0 amide bonds. The summed E-state index contributed by atoms with van der Waals surface area (Å²) in [5, 5.41) is 19.5. The van der Waals surface area contributed by atoms with E-state index in [1.807, 2.05) is 0 Å². The molecule has 0 saturated carbocycles. The van der Waals surface area contributed by atoms with Gasteiger partial charge < -0.3 is 9.84 Å². The number of phenolic OH excluding ortho intramolecular Hbond substituents is 1. The van der Waals surface area contributed by atoms with E-state index >= 15 is 0 Å². The van der Waals surface area contributed by atoms with Gasteiger partial charge in [-0.1, -0.05) is 6.07 Å². The molecule has 1 aromatic carbocycles. The molecule has 0 atom stereocenters. The van der Waals surface area contributed by atoms with Crippen molar-refractivity contribution in [2.45, 2.75) is 0 Å². The fraction of sp³-hybridized carbons (Fsp3) is 0.111. The minimum Gasteiger partial charge on any atom is -0.507 e. The van der Waals surface area contributed by atoms with Crippen molar-refractivity contribution in [2.24, 2.45) is 0 Å². The zero-order chi connectivity index (χ0) is 10.6. The van der Waals surface area contributed by atoms with E-state index in [2.05, 4.69) is 0 Å². The van der Waals surface area contributed by atoms with Gasteiger partial charge in [0.05, 0.1) is 17.6 Å². The van der Waals surface area contributed by atoms with Crippen LogP contribution in [0.25, 0.3) is 6.08 Å². The van der Waals surface area contributed by atoms with E-state index in [1.165, 1.54) is 19.3 Å². The molecule has 0 aliphatic carbocycles. The summed E-state index contributed by atoms with van der Waals surface area (Å²) < 4.78 is 4.92. The largest absolute Gasteiger partial charge is 0.507 e. The lowest BCUT2D eigenvalue weighted by Gasteiger charge is -2.04. The van der Waals surface area contributed by atoms with Gasteiger partial charge in [0, 0.05) is 6.08 Å². The highest BCUT2D eigenvalue weighted by atomic mass is 16.6. The Morgan fingerprint density at radius 1 is 1.57 bits per heavy atom. The first-order chi connectivity index (χ1) is 6.65. The normalized spacial score (nSPS) is 10.4. The molecule has 0 heterocycles. The van der Waals surface area contributed by atoms with Gasteiger partial charge in [-0.3, -0.25) is 10.1 Å². The van der Waals surface area contributed by atoms with Crippen molar-refractivity contribution in [1.82, 2.24) is 0 Å². The predicted octanol–water partition coefficient (Wildman–Crippen LogP) is 1.65. The second-order valence-corrected chi connectivity index (χ2v) is 2.49. The van der Waals surface area contributed by atoms with Crippen molar-refractivity contribution < 1.29 is 14.8 Å². The van der Waals surface area contributed by atoms with Crippen LogP contribution in [0, 0.1) is 10.1 Å². The molecule has 14 heavy (non-hydrogen) atoms. The van der Waals surface area contributed by atoms with E-state index in [1.54, 1.807) is 12.1 Å². The van der Waals surface area contributed by atoms with Crippen LogP contribution in [0.15, 0.2) is 24.4 Å². The topological polar surface area (TPSA) is 72.6 Å². The molecule has 1 N–H and O–H groups in total. The molecule has 0 aliphatic heterocycles. The Kier molecular flexibility index (Phi) is 3.06. The number of nitrogens with zero attached hydrogens (tertiary/aromatic N) is 1. The lowest BCUT2D eigenvalue weighted by molar-refractivity contribution is -0.400. The third kappa shape index (κ3) is 2.22. The van der Waals surface area contributed by atoms with Gasteiger partial charge in [-0.2, -0.15) is 0 Å². The molecule has 0 bridgehead atoms. The summed E-state index contributed by atoms with van der Waals surface area (Å²) >= 11 is 0. The first-order valence-electron chi connectivity index (χ1n) is 3.83. The number of benzene rings is 1. The summed E-state index contributed by atoms with van der Waals surface area (Å²) in [6, 6.07) is 4.64. The van der Waals surface area contributed by atoms with Crippen LogP contribution in [-0.2, 0) is 0 Å². The lowest BCUT2D eigenvalue weighted by Crippen LogP contribution is -1.88. The Morgan fingerprint density at radius 3 is 2.86 bits per heavy atom. The summed E-state index contributed by atoms with van der Waals surface area (Å²) in [6.07, 6.45) is 1.94. The maximum atomic E-state index is 10.1. The number of aromatic hydroxyl groups is 1. The number of nitro groups is 1. The predicted molar refractivity (Wildman–Crippen MR) is 50.7 cm³/mol. The molecule has 74 valence electrons. The average Bonchev–Trinajstić information content (AvgIpc) is 2.15. The Balaban J connectivity index is 3.11. The van der Waals surface area contributed by atoms with Crippen LogP contribution in [0.5, 0.6) is 11.5 Å². The number of hydrogen-bond donors (Lipinski definition) is 1. The highest BCUT2D eigenvalue weighted by molar-refractivity contribution is 5.63. The van der Waals surface area contributed by atoms with Crippen LogP contribution in [0.1, 0.15) is 5.56 Å². The van der Waals surface area contributed by atoms with Crippen molar-refractivity contribution in [3.63, 3.8) is 0 Å². The van der Waals surface area contributed by atoms with Gasteiger partial charge in [0.25, 0.3) is 0 Å². The Hall–Kier alpha value is -2.04. The summed E-state index contributed by atoms with van der Waals surface area (Å²) in [6.45, 7) is 0. The molecule has 0 spiro atoms. The van der Waals surface area contributed by atoms with Crippen LogP contribution in [0.4, 0.5) is 0 Å². The molecule has 0 aromatic heterocycles. The minimum atomic E-state index is -0.605. The van der Waals surface area contributed by atoms with Gasteiger partial charge in [0.2, 0.25) is 6.20 Å². The van der Waals surface area contributed by atoms with Crippen molar-refractivity contribution in [2.75, 3.05) is 7.11 Å². The molecule has 0 radical (unpaired) electrons. The Morgan fingerprint density at radius 2 is 2.29 bits per heavy atom. The number of rotatable bonds is 3. The first-order valence-corrected chi connectivity index (χ1v) is 3.83. The van der Waals surface area contributed by atoms with Crippen molar-refractivity contribution >= 4 is 6.08 Å². The quantitative estimate of drug-likeness (QED) is 0.587. The van der Waals surface area contributed by atoms with Gasteiger partial charge in [-0.05, 0) is 12.1 Å². The van der Waals surface area contributed by atoms with Crippen LogP contribution >= 0.6 is 0 Å². The minimum absolute atomic E-state index is 0.0533. The Labute approximate surface area is 80.4 Å². The van der Waals surface area contributed by atoms with Gasteiger partial charge in [0.1, 0.15) is 11.5 Å². The molecular formula is C9H9NO4. The van der Waals surface area contributed by atoms with Crippen LogP contribution < -0.4 is 4.74 Å². The number of methoxy groups -OCH3 is 1. The van der Waals surface area contributed by atoms with Gasteiger partial charge in [0.15, 0.2) is 0 Å². The first kappa shape index (κ1) is 10.0. The van der Waals surface area contributed by atoms with Crippen molar-refractivity contribution in [1.29, 1.82) is 0 Å². The van der Waals surface area contributed by atoms with E-state index in [0.717, 1.165) is 6.20 Å². The standard InChI is InChI=1S/C9H9NO4/c1-14-9-4-2-3-8(11)7(9)5-6-10(12)13/h2-6,11H,1H3/b6-5+. The second kappa shape index (κ2) is 4.27. The molecule has 0 aliphatic rings. The Bertz CT molecular complexity index is 373. The summed E-state index contributed by atoms with van der Waals surface area (Å²) in [5.74, 6) is 0.338. The summed E-state index contributed by atoms with van der Waals surface area (Å²) in [5.41, 5.74) is 0.298. The summed E-state index contributed by atoms with van der Waals surface area (Å²) in [4.78, 5) is 9.47. The van der Waals surface area contributed by atoms with Crippen LogP contribution in [0.2, 0.25) is 0 Å². The highest BCUT2D eigenvalue weighted by Crippen LogP contribution is 2.28. The zero-order valence-electron chi connectivity index (χ0n) is 7.51. The van der Waals surface area contributed by atoms with E-state index < -0.39 is 4.92 Å². The average molecular weight is 195 g/mol. The van der Waals surface area contributed by atoms with Crippen molar-refractivity contribution in [3.8, 4) is 11.5 Å². The third-order valence-corrected chi connectivity index (χ3v) is 1.63. The van der Waals surface area contributed by atoms with Crippen LogP contribution in [-0.4, -0.2) is 17.1 Å². The number of phenols is 1. The van der Waals surface area contributed by atoms with E-state index in [4.69, 9.17) is 4.74 Å². The van der Waals surface area contributed by atoms with E-state index in [9.17, 15) is 15.2 Å². The SMILES string of the molecule is COc1cccc(O)c1/C=C/[N+](=O)[O-]. The van der Waals surface area contributed by atoms with Crippen molar-refractivity contribution in [3.05, 3.63) is 40.1 Å². The summed E-state index contributed by atoms with van der Waals surface area (Å²) in [7, 11) is 1.43. The maximum absolute atomic E-state index is 10.1. The molecule has 0 unspecified atom stereocenters. The molecular weight excluding hydrogens is 186 g/mol. The molecule has 5 nitrogen and oxygen atoms in total. The number of hydrogen-bond acceptors (Lipinski definition) is 4. The third-order valence-electron chi connectivity index (χ3n) is 1.63. The lowest BCUT2D eigenvalue weighted by atomic mass is 10.2. The fourth-order valence-electron chi connectivity index (χ4n) is 1.01. The zero-order valence-corrected chi connectivity index (χ0v) is 7.51. The van der Waals surface area contributed by atoms with E-state index in [-0.39, 0.29) is 5.75 Å². The molecule has 0 saturated heterocycles. The van der Waals surface area contributed by atoms with Gasteiger partial charge >= 0.3 is 0 Å². The highest BCUT2D eigenvalue weighted by Gasteiger charge is 2.05. The number of ether oxygens (including phenoxy) is 1. The maximum Gasteiger partial charge on any atom is 0.235 e. The smallest absolute Gasteiger partial charge is 0.235 e. The second-order valence-electron chi connectivity index (χ2n) is 2.49. The fourth-order valence-corrected chi connectivity index (χ4v) is 1.01.